The number of hydrogen-bond acceptors (Lipinski definition) is 1. The quantitative estimate of drug-likeness (QED) is 0.382. The molecular weight excluding hydrogens is 338 g/mol. The monoisotopic (exact) mass is 377 g/mol. The molecule has 0 atom stereocenters. The maximum absolute atomic E-state index is 4.75. The molecule has 152 valence electrons. The van der Waals surface area contributed by atoms with Crippen molar-refractivity contribution in [3.63, 3.8) is 0 Å². The van der Waals surface area contributed by atoms with Crippen LogP contribution in [0.4, 0.5) is 0 Å². The summed E-state index contributed by atoms with van der Waals surface area (Å²) < 4.78 is 0. The van der Waals surface area contributed by atoms with E-state index in [1.165, 1.54) is 93.7 Å². The summed E-state index contributed by atoms with van der Waals surface area (Å²) in [6.07, 6.45) is 18.3. The summed E-state index contributed by atoms with van der Waals surface area (Å²) in [5, 5.41) is 0. The van der Waals surface area contributed by atoms with E-state index in [4.69, 9.17) is 4.98 Å². The first-order valence-corrected chi connectivity index (χ1v) is 11.8. The molecule has 1 heterocycles. The zero-order valence-corrected chi connectivity index (χ0v) is 18.1. The minimum Gasteiger partial charge on any atom is -0.256 e. The van der Waals surface area contributed by atoms with Gasteiger partial charge in [-0.2, -0.15) is 0 Å². The molecule has 0 saturated heterocycles. The first-order valence-electron chi connectivity index (χ1n) is 11.8. The van der Waals surface area contributed by atoms with Gasteiger partial charge in [-0.25, -0.2) is 0 Å². The van der Waals surface area contributed by atoms with Crippen molar-refractivity contribution in [1.82, 2.24) is 4.98 Å². The van der Waals surface area contributed by atoms with Crippen LogP contribution in [0.3, 0.4) is 0 Å². The second-order valence-corrected chi connectivity index (χ2v) is 8.92. The van der Waals surface area contributed by atoms with E-state index in [0.717, 1.165) is 17.5 Å². The molecule has 2 aromatic rings. The van der Waals surface area contributed by atoms with Gasteiger partial charge >= 0.3 is 0 Å². The molecule has 0 amide bonds. The predicted molar refractivity (Wildman–Crippen MR) is 122 cm³/mol. The molecule has 0 spiro atoms. The number of pyridine rings is 1. The zero-order chi connectivity index (χ0) is 19.6. The first kappa shape index (κ1) is 21.1. The van der Waals surface area contributed by atoms with E-state index in [0.29, 0.717) is 0 Å². The van der Waals surface area contributed by atoms with Crippen LogP contribution in [0.25, 0.3) is 11.3 Å². The van der Waals surface area contributed by atoms with Gasteiger partial charge in [-0.15, -0.1) is 0 Å². The van der Waals surface area contributed by atoms with E-state index < -0.39 is 0 Å². The van der Waals surface area contributed by atoms with Gasteiger partial charge in [0, 0.05) is 11.8 Å². The average molecular weight is 378 g/mol. The lowest BCUT2D eigenvalue weighted by molar-refractivity contribution is 0.252. The van der Waals surface area contributed by atoms with Crippen molar-refractivity contribution in [2.45, 2.75) is 90.9 Å². The van der Waals surface area contributed by atoms with Crippen LogP contribution in [-0.2, 0) is 12.8 Å². The molecule has 1 aromatic carbocycles. The maximum atomic E-state index is 4.75. The lowest BCUT2D eigenvalue weighted by Crippen LogP contribution is -2.15. The number of aromatic nitrogens is 1. The van der Waals surface area contributed by atoms with Crippen LogP contribution in [0.15, 0.2) is 42.6 Å². The Kier molecular flexibility index (Phi) is 8.58. The van der Waals surface area contributed by atoms with Crippen molar-refractivity contribution in [3.8, 4) is 11.3 Å². The SMILES string of the molecule is CCCCCc1ccc(-c2ccc(CC[C@H]3CC[C@H](CCC)CC3)cn2)cc1. The Morgan fingerprint density at radius 3 is 2.00 bits per heavy atom. The third-order valence-corrected chi connectivity index (χ3v) is 6.65. The molecule has 0 radical (unpaired) electrons. The smallest absolute Gasteiger partial charge is 0.0702 e. The summed E-state index contributed by atoms with van der Waals surface area (Å²) in [5.74, 6) is 1.95. The lowest BCUT2D eigenvalue weighted by atomic mass is 9.78. The molecule has 1 heteroatoms. The Balaban J connectivity index is 1.46. The Morgan fingerprint density at radius 1 is 0.714 bits per heavy atom. The van der Waals surface area contributed by atoms with Gasteiger partial charge in [0.2, 0.25) is 0 Å². The number of benzene rings is 1. The largest absolute Gasteiger partial charge is 0.256 e. The van der Waals surface area contributed by atoms with Crippen LogP contribution in [0.1, 0.15) is 89.2 Å². The molecule has 0 unspecified atom stereocenters. The van der Waals surface area contributed by atoms with E-state index in [1.54, 1.807) is 0 Å². The summed E-state index contributed by atoms with van der Waals surface area (Å²) in [6.45, 7) is 4.58. The zero-order valence-electron chi connectivity index (χ0n) is 18.1. The van der Waals surface area contributed by atoms with Crippen molar-refractivity contribution < 1.29 is 0 Å². The van der Waals surface area contributed by atoms with Gasteiger partial charge in [0.25, 0.3) is 0 Å². The second kappa shape index (κ2) is 11.4. The number of aryl methyl sites for hydroxylation is 2. The fraction of sp³-hybridized carbons (Fsp3) is 0.593. The summed E-state index contributed by atoms with van der Waals surface area (Å²) >= 11 is 0. The van der Waals surface area contributed by atoms with E-state index in [9.17, 15) is 0 Å². The highest BCUT2D eigenvalue weighted by molar-refractivity contribution is 5.59. The summed E-state index contributed by atoms with van der Waals surface area (Å²) in [4.78, 5) is 4.75. The molecule has 1 aromatic heterocycles. The summed E-state index contributed by atoms with van der Waals surface area (Å²) in [7, 11) is 0. The van der Waals surface area contributed by atoms with Crippen LogP contribution >= 0.6 is 0 Å². The summed E-state index contributed by atoms with van der Waals surface area (Å²) in [5.41, 5.74) is 5.18. The van der Waals surface area contributed by atoms with E-state index in [-0.39, 0.29) is 0 Å². The van der Waals surface area contributed by atoms with Gasteiger partial charge in [-0.3, -0.25) is 4.98 Å². The van der Waals surface area contributed by atoms with Gasteiger partial charge < -0.3 is 0 Å². The van der Waals surface area contributed by atoms with E-state index in [2.05, 4.69) is 56.4 Å². The molecule has 0 aliphatic heterocycles. The number of rotatable bonds is 10. The maximum Gasteiger partial charge on any atom is 0.0702 e. The number of unbranched alkanes of at least 4 members (excludes halogenated alkanes) is 2. The van der Waals surface area contributed by atoms with Crippen LogP contribution < -0.4 is 0 Å². The van der Waals surface area contributed by atoms with Crippen LogP contribution in [0.5, 0.6) is 0 Å². The fourth-order valence-electron chi connectivity index (χ4n) is 4.75. The lowest BCUT2D eigenvalue weighted by Gasteiger charge is -2.28. The van der Waals surface area contributed by atoms with Crippen molar-refractivity contribution >= 4 is 0 Å². The molecule has 1 nitrogen and oxygen atoms in total. The molecule has 0 N–H and O–H groups in total. The normalized spacial score (nSPS) is 19.6. The van der Waals surface area contributed by atoms with Gasteiger partial charge in [0.15, 0.2) is 0 Å². The van der Waals surface area contributed by atoms with Crippen LogP contribution in [-0.4, -0.2) is 4.98 Å². The Bertz CT molecular complexity index is 662. The van der Waals surface area contributed by atoms with Crippen molar-refractivity contribution in [1.29, 1.82) is 0 Å². The Morgan fingerprint density at radius 2 is 1.39 bits per heavy atom. The topological polar surface area (TPSA) is 12.9 Å². The van der Waals surface area contributed by atoms with Gasteiger partial charge in [0.05, 0.1) is 5.69 Å². The van der Waals surface area contributed by atoms with Crippen LogP contribution in [0, 0.1) is 11.8 Å². The highest BCUT2D eigenvalue weighted by Gasteiger charge is 2.20. The molecule has 0 bridgehead atoms. The minimum atomic E-state index is 0.938. The molecule has 1 aliphatic carbocycles. The molecule has 1 saturated carbocycles. The van der Waals surface area contributed by atoms with E-state index in [1.807, 2.05) is 0 Å². The third kappa shape index (κ3) is 6.47. The molecule has 28 heavy (non-hydrogen) atoms. The highest BCUT2D eigenvalue weighted by Crippen LogP contribution is 2.33. The van der Waals surface area contributed by atoms with E-state index >= 15 is 0 Å². The second-order valence-electron chi connectivity index (χ2n) is 8.92. The van der Waals surface area contributed by atoms with Crippen molar-refractivity contribution in [2.75, 3.05) is 0 Å². The molecule has 3 rings (SSSR count). The fourth-order valence-corrected chi connectivity index (χ4v) is 4.75. The van der Waals surface area contributed by atoms with Crippen molar-refractivity contribution in [3.05, 3.63) is 53.7 Å². The highest BCUT2D eigenvalue weighted by atomic mass is 14.7. The van der Waals surface area contributed by atoms with Crippen LogP contribution in [0.2, 0.25) is 0 Å². The standard InChI is InChI=1S/C27H39N/c1-3-5-6-8-23-15-18-26(19-16-23)27-20-17-25(21-28-27)14-13-24-11-9-22(7-4-2)10-12-24/h15-22,24H,3-14H2,1-2H3/t22-,24-. The predicted octanol–water partition coefficient (Wildman–Crippen LogP) is 8.02. The average Bonchev–Trinajstić information content (AvgIpc) is 2.75. The van der Waals surface area contributed by atoms with Gasteiger partial charge in [-0.05, 0) is 54.7 Å². The minimum absolute atomic E-state index is 0.938. The summed E-state index contributed by atoms with van der Waals surface area (Å²) in [6, 6.07) is 13.5. The first-order chi connectivity index (χ1) is 13.8. The van der Waals surface area contributed by atoms with Gasteiger partial charge in [0.1, 0.15) is 0 Å². The Hall–Kier alpha value is -1.63. The molecule has 1 fully saturated rings. The third-order valence-electron chi connectivity index (χ3n) is 6.65. The van der Waals surface area contributed by atoms with Gasteiger partial charge in [-0.1, -0.05) is 95.5 Å². The van der Waals surface area contributed by atoms with Crippen molar-refractivity contribution in [2.24, 2.45) is 11.8 Å². The number of hydrogen-bond donors (Lipinski definition) is 0. The Labute approximate surface area is 173 Å². The number of nitrogens with zero attached hydrogens (tertiary/aromatic N) is 1. The molecular formula is C27H39N. The molecule has 1 aliphatic rings.